The van der Waals surface area contributed by atoms with E-state index in [4.69, 9.17) is 0 Å². The van der Waals surface area contributed by atoms with Crippen LogP contribution in [-0.2, 0) is 39.0 Å². The number of unbranched alkanes of at least 4 members (excludes halogenated alkanes) is 3. The molecule has 0 radical (unpaired) electrons. The summed E-state index contributed by atoms with van der Waals surface area (Å²) in [7, 11) is 0. The van der Waals surface area contributed by atoms with Crippen molar-refractivity contribution < 1.29 is 39.0 Å². The summed E-state index contributed by atoms with van der Waals surface area (Å²) in [5, 5.41) is 0. The quantitative estimate of drug-likeness (QED) is 0.384. The Morgan fingerprint density at radius 1 is 0.750 bits per heavy atom. The van der Waals surface area contributed by atoms with Crippen LogP contribution in [0.5, 0.6) is 0 Å². The predicted molar refractivity (Wildman–Crippen MR) is 29.2 cm³/mol. The van der Waals surface area contributed by atoms with Crippen LogP contribution in [-0.4, -0.2) is 0 Å². The first-order valence-corrected chi connectivity index (χ1v) is 2.50. The zero-order valence-electron chi connectivity index (χ0n) is 5.66. The van der Waals surface area contributed by atoms with E-state index in [0.717, 1.165) is 12.8 Å². The summed E-state index contributed by atoms with van der Waals surface area (Å²) in [5.74, 6) is 0. The Morgan fingerprint density at radius 3 is 1.12 bits per heavy atom. The van der Waals surface area contributed by atoms with Crippen LogP contribution in [0.25, 0.3) is 0 Å². The van der Waals surface area contributed by atoms with Gasteiger partial charge in [-0.2, -0.15) is 12.8 Å². The van der Waals surface area contributed by atoms with E-state index in [-0.39, 0.29) is 39.0 Å². The minimum Gasteiger partial charge on any atom is -0.343 e. The van der Waals surface area contributed by atoms with E-state index in [9.17, 15) is 0 Å². The Balaban J connectivity index is -0.000000125. The third kappa shape index (κ3) is 15.7. The van der Waals surface area contributed by atoms with Gasteiger partial charge in [-0.1, -0.05) is 12.8 Å². The van der Waals surface area contributed by atoms with Gasteiger partial charge in [0, 0.05) is 39.0 Å². The van der Waals surface area contributed by atoms with Gasteiger partial charge in [-0.05, 0) is 0 Å². The molecular weight excluding hydrogens is 203 g/mol. The topological polar surface area (TPSA) is 0 Å². The van der Waals surface area contributed by atoms with Crippen LogP contribution in [0, 0.1) is 13.8 Å². The molecule has 0 saturated heterocycles. The first-order chi connectivity index (χ1) is 2.91. The molecule has 0 aliphatic heterocycles. The second kappa shape index (κ2) is 15.7. The molecule has 0 atom stereocenters. The summed E-state index contributed by atoms with van der Waals surface area (Å²) < 4.78 is 0. The van der Waals surface area contributed by atoms with Crippen molar-refractivity contribution in [2.75, 3.05) is 0 Å². The SMILES string of the molecule is [CH2-]CCCC[CH2-].[Zn].[Zn]. The van der Waals surface area contributed by atoms with Crippen molar-refractivity contribution in [3.8, 4) is 0 Å². The predicted octanol–water partition coefficient (Wildman–Crippen LogP) is 2.21. The molecule has 0 saturated carbocycles. The molecule has 0 amide bonds. The van der Waals surface area contributed by atoms with Crippen LogP contribution >= 0.6 is 0 Å². The molecule has 0 aliphatic carbocycles. The Morgan fingerprint density at radius 2 is 1.00 bits per heavy atom. The standard InChI is InChI=1S/C6H12.2Zn/c1-3-5-6-4-2;;/h1-6H2;;/q-2;;. The van der Waals surface area contributed by atoms with Crippen molar-refractivity contribution in [3.63, 3.8) is 0 Å². The van der Waals surface area contributed by atoms with Crippen LogP contribution in [0.2, 0.25) is 0 Å². The van der Waals surface area contributed by atoms with Crippen LogP contribution in [0.1, 0.15) is 25.7 Å². The van der Waals surface area contributed by atoms with Gasteiger partial charge in [-0.3, -0.25) is 0 Å². The van der Waals surface area contributed by atoms with Gasteiger partial charge in [0.1, 0.15) is 0 Å². The zero-order valence-corrected chi connectivity index (χ0v) is 11.6. The van der Waals surface area contributed by atoms with Crippen molar-refractivity contribution in [1.29, 1.82) is 0 Å². The van der Waals surface area contributed by atoms with Gasteiger partial charge >= 0.3 is 0 Å². The third-order valence-electron chi connectivity index (χ3n) is 0.750. The third-order valence-corrected chi connectivity index (χ3v) is 0.750. The minimum atomic E-state index is 0. The summed E-state index contributed by atoms with van der Waals surface area (Å²) >= 11 is 0. The fourth-order valence-corrected chi connectivity index (χ4v) is 0.354. The molecule has 0 aromatic carbocycles. The van der Waals surface area contributed by atoms with E-state index in [0.29, 0.717) is 0 Å². The van der Waals surface area contributed by atoms with E-state index in [1.807, 2.05) is 0 Å². The molecular formula is C6H12Zn2-2. The zero-order chi connectivity index (χ0) is 4.83. The van der Waals surface area contributed by atoms with Crippen LogP contribution in [0.4, 0.5) is 0 Å². The minimum absolute atomic E-state index is 0. The molecule has 0 bridgehead atoms. The Labute approximate surface area is 78.3 Å². The monoisotopic (exact) mass is 212 g/mol. The van der Waals surface area contributed by atoms with Gasteiger partial charge in [0.05, 0.1) is 0 Å². The van der Waals surface area contributed by atoms with E-state index in [2.05, 4.69) is 13.8 Å². The molecule has 0 N–H and O–H groups in total. The average molecular weight is 215 g/mol. The molecule has 0 rings (SSSR count). The second-order valence-electron chi connectivity index (χ2n) is 1.41. The number of hydrogen-bond acceptors (Lipinski definition) is 0. The molecule has 0 nitrogen and oxygen atoms in total. The van der Waals surface area contributed by atoms with Gasteiger partial charge in [0.25, 0.3) is 0 Å². The van der Waals surface area contributed by atoms with Crippen molar-refractivity contribution in [2.45, 2.75) is 25.7 Å². The van der Waals surface area contributed by atoms with Gasteiger partial charge in [0.2, 0.25) is 0 Å². The van der Waals surface area contributed by atoms with Crippen molar-refractivity contribution >= 4 is 0 Å². The molecule has 0 aromatic heterocycles. The summed E-state index contributed by atoms with van der Waals surface area (Å²) in [4.78, 5) is 0. The van der Waals surface area contributed by atoms with Gasteiger partial charge in [0.15, 0.2) is 0 Å². The van der Waals surface area contributed by atoms with Crippen molar-refractivity contribution in [2.24, 2.45) is 0 Å². The summed E-state index contributed by atoms with van der Waals surface area (Å²) in [6.45, 7) is 7.39. The van der Waals surface area contributed by atoms with E-state index < -0.39 is 0 Å². The molecule has 0 aliphatic rings. The molecule has 0 heterocycles. The number of hydrogen-bond donors (Lipinski definition) is 0. The molecule has 42 valence electrons. The maximum Gasteiger partial charge on any atom is 0 e. The fraction of sp³-hybridized carbons (Fsp3) is 0.667. The first kappa shape index (κ1) is 16.1. The molecule has 0 fully saturated rings. The van der Waals surface area contributed by atoms with Crippen LogP contribution < -0.4 is 0 Å². The maximum atomic E-state index is 3.70. The van der Waals surface area contributed by atoms with E-state index in [1.165, 1.54) is 12.8 Å². The van der Waals surface area contributed by atoms with Gasteiger partial charge in [-0.25, -0.2) is 0 Å². The summed E-state index contributed by atoms with van der Waals surface area (Å²) in [6, 6.07) is 0. The normalized spacial score (nSPS) is 6.75. The second-order valence-corrected chi connectivity index (χ2v) is 1.41. The van der Waals surface area contributed by atoms with E-state index >= 15 is 0 Å². The van der Waals surface area contributed by atoms with Crippen LogP contribution in [0.3, 0.4) is 0 Å². The summed E-state index contributed by atoms with van der Waals surface area (Å²) in [6.07, 6.45) is 4.61. The Kier molecular flexibility index (Phi) is 31.7. The fourth-order valence-electron chi connectivity index (χ4n) is 0.354. The average Bonchev–Trinajstić information content (AvgIpc) is 1.61. The van der Waals surface area contributed by atoms with E-state index in [1.54, 1.807) is 0 Å². The maximum absolute atomic E-state index is 3.70. The first-order valence-electron chi connectivity index (χ1n) is 2.50. The van der Waals surface area contributed by atoms with Gasteiger partial charge in [-0.15, -0.1) is 0 Å². The number of rotatable bonds is 3. The smallest absolute Gasteiger partial charge is 0 e. The molecule has 0 spiro atoms. The van der Waals surface area contributed by atoms with Crippen molar-refractivity contribution in [3.05, 3.63) is 13.8 Å². The molecule has 0 aromatic rings. The molecule has 8 heavy (non-hydrogen) atoms. The largest absolute Gasteiger partial charge is 0.343 e. The van der Waals surface area contributed by atoms with Crippen LogP contribution in [0.15, 0.2) is 0 Å². The molecule has 0 unspecified atom stereocenters. The van der Waals surface area contributed by atoms with Gasteiger partial charge < -0.3 is 13.8 Å². The summed E-state index contributed by atoms with van der Waals surface area (Å²) in [5.41, 5.74) is 0. The molecule has 2 heteroatoms. The van der Waals surface area contributed by atoms with Crippen molar-refractivity contribution in [1.82, 2.24) is 0 Å². The Bertz CT molecular complexity index is 18.5. The Hall–Kier alpha value is 1.25.